The first-order valence-electron chi connectivity index (χ1n) is 9.17. The van der Waals surface area contributed by atoms with E-state index in [4.69, 9.17) is 5.73 Å². The minimum Gasteiger partial charge on any atom is -0.335 e. The average Bonchev–Trinajstić information content (AvgIpc) is 2.49. The van der Waals surface area contributed by atoms with Gasteiger partial charge in [0.25, 0.3) is 0 Å². The molecule has 2 fully saturated rings. The van der Waals surface area contributed by atoms with Crippen LogP contribution in [0.3, 0.4) is 0 Å². The average molecular weight is 294 g/mol. The summed E-state index contributed by atoms with van der Waals surface area (Å²) in [6.45, 7) is 4.30. The molecule has 3 nitrogen and oxygen atoms in total. The van der Waals surface area contributed by atoms with Crippen LogP contribution in [0.25, 0.3) is 0 Å². The Morgan fingerprint density at radius 3 is 1.76 bits per heavy atom. The lowest BCUT2D eigenvalue weighted by Gasteiger charge is -2.43. The van der Waals surface area contributed by atoms with Crippen LogP contribution >= 0.6 is 0 Å². The smallest absolute Gasteiger partial charge is 0.239 e. The summed E-state index contributed by atoms with van der Waals surface area (Å²) in [7, 11) is 0. The van der Waals surface area contributed by atoms with Crippen molar-refractivity contribution < 1.29 is 4.79 Å². The Bertz CT molecular complexity index is 299. The first-order valence-corrected chi connectivity index (χ1v) is 9.17. The summed E-state index contributed by atoms with van der Waals surface area (Å²) < 4.78 is 0. The third-order valence-corrected chi connectivity index (χ3v) is 5.23. The van der Waals surface area contributed by atoms with Gasteiger partial charge in [-0.25, -0.2) is 0 Å². The Kier molecular flexibility index (Phi) is 6.53. The van der Waals surface area contributed by atoms with E-state index in [1.807, 2.05) is 0 Å². The standard InChI is InChI=1S/C18H34N2O/c1-14(2)13-17(19)18(21)20(15-9-5-3-6-10-15)16-11-7-4-8-12-16/h14-17H,3-13,19H2,1-2H3/t17-/m0/s1. The minimum atomic E-state index is -0.297. The predicted molar refractivity (Wildman–Crippen MR) is 88.0 cm³/mol. The number of carbonyl (C=O) groups is 1. The quantitative estimate of drug-likeness (QED) is 0.837. The Morgan fingerprint density at radius 1 is 0.952 bits per heavy atom. The Morgan fingerprint density at radius 2 is 1.38 bits per heavy atom. The molecule has 2 aliphatic carbocycles. The minimum absolute atomic E-state index is 0.238. The zero-order valence-electron chi connectivity index (χ0n) is 14.0. The summed E-state index contributed by atoms with van der Waals surface area (Å²) in [6.07, 6.45) is 13.4. The van der Waals surface area contributed by atoms with Gasteiger partial charge in [0.2, 0.25) is 5.91 Å². The number of nitrogens with zero attached hydrogens (tertiary/aromatic N) is 1. The Labute approximate surface area is 130 Å². The van der Waals surface area contributed by atoms with Gasteiger partial charge in [-0.1, -0.05) is 52.4 Å². The highest BCUT2D eigenvalue weighted by molar-refractivity contribution is 5.82. The second-order valence-electron chi connectivity index (χ2n) is 7.57. The second kappa shape index (κ2) is 8.17. The molecule has 0 bridgehead atoms. The van der Waals surface area contributed by atoms with E-state index in [1.54, 1.807) is 0 Å². The predicted octanol–water partition coefficient (Wildman–Crippen LogP) is 3.85. The van der Waals surface area contributed by atoms with E-state index in [9.17, 15) is 4.79 Å². The summed E-state index contributed by atoms with van der Waals surface area (Å²) in [6, 6.07) is 0.633. The first kappa shape index (κ1) is 16.8. The van der Waals surface area contributed by atoms with Crippen molar-refractivity contribution in [3.8, 4) is 0 Å². The van der Waals surface area contributed by atoms with Gasteiger partial charge < -0.3 is 10.6 Å². The topological polar surface area (TPSA) is 46.3 Å². The van der Waals surface area contributed by atoms with E-state index in [2.05, 4.69) is 18.7 Å². The van der Waals surface area contributed by atoms with Gasteiger partial charge in [0, 0.05) is 12.1 Å². The van der Waals surface area contributed by atoms with Crippen LogP contribution in [0.5, 0.6) is 0 Å². The summed E-state index contributed by atoms with van der Waals surface area (Å²) in [4.78, 5) is 15.2. The molecule has 122 valence electrons. The van der Waals surface area contributed by atoms with Crippen LogP contribution in [0, 0.1) is 5.92 Å². The molecule has 21 heavy (non-hydrogen) atoms. The molecule has 2 aliphatic rings. The molecule has 0 aromatic heterocycles. The number of nitrogens with two attached hydrogens (primary N) is 1. The summed E-state index contributed by atoms with van der Waals surface area (Å²) in [5.74, 6) is 0.728. The molecule has 0 aromatic rings. The lowest BCUT2D eigenvalue weighted by molar-refractivity contribution is -0.139. The highest BCUT2D eigenvalue weighted by atomic mass is 16.2. The fourth-order valence-electron chi connectivity index (χ4n) is 4.18. The zero-order chi connectivity index (χ0) is 15.2. The van der Waals surface area contributed by atoms with Crippen molar-refractivity contribution in [3.05, 3.63) is 0 Å². The van der Waals surface area contributed by atoms with Crippen LogP contribution in [0.1, 0.15) is 84.5 Å². The molecule has 0 spiro atoms. The summed E-state index contributed by atoms with van der Waals surface area (Å²) >= 11 is 0. The van der Waals surface area contributed by atoms with Crippen LogP contribution < -0.4 is 5.73 Å². The highest BCUT2D eigenvalue weighted by Crippen LogP contribution is 2.31. The van der Waals surface area contributed by atoms with Crippen LogP contribution in [-0.2, 0) is 4.79 Å². The van der Waals surface area contributed by atoms with Crippen molar-refractivity contribution in [2.24, 2.45) is 11.7 Å². The van der Waals surface area contributed by atoms with E-state index >= 15 is 0 Å². The fourth-order valence-corrected chi connectivity index (χ4v) is 4.18. The van der Waals surface area contributed by atoms with Gasteiger partial charge >= 0.3 is 0 Å². The van der Waals surface area contributed by atoms with Gasteiger partial charge in [-0.2, -0.15) is 0 Å². The molecule has 3 heteroatoms. The number of hydrogen-bond donors (Lipinski definition) is 1. The number of amides is 1. The molecule has 1 atom stereocenters. The molecule has 2 N–H and O–H groups in total. The van der Waals surface area contributed by atoms with E-state index < -0.39 is 0 Å². The molecule has 2 saturated carbocycles. The SMILES string of the molecule is CC(C)C[C@H](N)C(=O)N(C1CCCCC1)C1CCCCC1. The first-order chi connectivity index (χ1) is 10.1. The molecular formula is C18H34N2O. The van der Waals surface area contributed by atoms with Crippen molar-refractivity contribution in [1.82, 2.24) is 4.90 Å². The van der Waals surface area contributed by atoms with Crippen molar-refractivity contribution in [2.45, 2.75) is 103 Å². The molecule has 1 amide bonds. The Hall–Kier alpha value is -0.570. The molecule has 0 unspecified atom stereocenters. The lowest BCUT2D eigenvalue weighted by atomic mass is 9.87. The third kappa shape index (κ3) is 4.70. The van der Waals surface area contributed by atoms with Crippen molar-refractivity contribution in [2.75, 3.05) is 0 Å². The lowest BCUT2D eigenvalue weighted by Crippen LogP contribution is -2.54. The van der Waals surface area contributed by atoms with Crippen molar-refractivity contribution >= 4 is 5.91 Å². The summed E-state index contributed by atoms with van der Waals surface area (Å²) in [5, 5.41) is 0. The molecule has 0 heterocycles. The van der Waals surface area contributed by atoms with Crippen molar-refractivity contribution in [1.29, 1.82) is 0 Å². The molecule has 0 radical (unpaired) electrons. The van der Waals surface area contributed by atoms with Crippen LogP contribution in [0.15, 0.2) is 0 Å². The van der Waals surface area contributed by atoms with Crippen molar-refractivity contribution in [3.63, 3.8) is 0 Å². The van der Waals surface area contributed by atoms with Gasteiger partial charge in [0.05, 0.1) is 6.04 Å². The largest absolute Gasteiger partial charge is 0.335 e. The monoisotopic (exact) mass is 294 g/mol. The number of rotatable bonds is 5. The molecule has 0 saturated heterocycles. The van der Waals surface area contributed by atoms with Gasteiger partial charge in [-0.05, 0) is 38.0 Å². The molecule has 0 aliphatic heterocycles. The van der Waals surface area contributed by atoms with E-state index in [-0.39, 0.29) is 11.9 Å². The van der Waals surface area contributed by atoms with E-state index in [1.165, 1.54) is 64.2 Å². The van der Waals surface area contributed by atoms with Gasteiger partial charge in [0.15, 0.2) is 0 Å². The third-order valence-electron chi connectivity index (χ3n) is 5.23. The molecular weight excluding hydrogens is 260 g/mol. The van der Waals surface area contributed by atoms with Crippen LogP contribution in [0.2, 0.25) is 0 Å². The maximum atomic E-state index is 13.0. The van der Waals surface area contributed by atoms with Crippen LogP contribution in [0.4, 0.5) is 0 Å². The second-order valence-corrected chi connectivity index (χ2v) is 7.57. The van der Waals surface area contributed by atoms with Gasteiger partial charge in [-0.15, -0.1) is 0 Å². The maximum Gasteiger partial charge on any atom is 0.239 e. The zero-order valence-corrected chi connectivity index (χ0v) is 14.0. The van der Waals surface area contributed by atoms with Crippen LogP contribution in [-0.4, -0.2) is 28.9 Å². The number of hydrogen-bond acceptors (Lipinski definition) is 2. The Balaban J connectivity index is 2.07. The van der Waals surface area contributed by atoms with E-state index in [0.29, 0.717) is 18.0 Å². The normalized spacial score (nSPS) is 23.2. The number of carbonyl (C=O) groups excluding carboxylic acids is 1. The fraction of sp³-hybridized carbons (Fsp3) is 0.944. The summed E-state index contributed by atoms with van der Waals surface area (Å²) in [5.41, 5.74) is 6.24. The van der Waals surface area contributed by atoms with Gasteiger partial charge in [0.1, 0.15) is 0 Å². The van der Waals surface area contributed by atoms with Gasteiger partial charge in [-0.3, -0.25) is 4.79 Å². The van der Waals surface area contributed by atoms with E-state index in [0.717, 1.165) is 6.42 Å². The maximum absolute atomic E-state index is 13.0. The molecule has 2 rings (SSSR count). The molecule has 0 aromatic carbocycles. The highest BCUT2D eigenvalue weighted by Gasteiger charge is 2.34.